The number of pyridine rings is 1. The normalized spacial score (nSPS) is 10.5. The minimum absolute atomic E-state index is 0.157. The van der Waals surface area contributed by atoms with E-state index in [0.717, 1.165) is 0 Å². The minimum atomic E-state index is -3.03. The first-order valence-electron chi connectivity index (χ1n) is 5.81. The molecule has 0 aliphatic carbocycles. The Hall–Kier alpha value is -2.39. The Labute approximate surface area is 123 Å². The van der Waals surface area contributed by atoms with Gasteiger partial charge in [0.25, 0.3) is 5.56 Å². The molecule has 0 aliphatic rings. The second-order valence-corrected chi connectivity index (χ2v) is 4.64. The summed E-state index contributed by atoms with van der Waals surface area (Å²) < 4.78 is 29.4. The van der Waals surface area contributed by atoms with E-state index in [1.165, 1.54) is 24.3 Å². The van der Waals surface area contributed by atoms with E-state index in [1.807, 2.05) is 0 Å². The lowest BCUT2D eigenvalue weighted by atomic mass is 10.00. The molecule has 4 nitrogen and oxygen atoms in total. The topological polar surface area (TPSA) is 65.9 Å². The van der Waals surface area contributed by atoms with Gasteiger partial charge in [0.05, 0.1) is 0 Å². The van der Waals surface area contributed by atoms with Crippen molar-refractivity contribution < 1.29 is 13.5 Å². The maximum absolute atomic E-state index is 12.5. The number of aromatic nitrogens is 1. The third kappa shape index (κ3) is 3.20. The van der Waals surface area contributed by atoms with Crippen LogP contribution in [0.15, 0.2) is 29.1 Å². The summed E-state index contributed by atoms with van der Waals surface area (Å²) in [6, 6.07) is 7.28. The van der Waals surface area contributed by atoms with Crippen LogP contribution in [0, 0.1) is 18.3 Å². The van der Waals surface area contributed by atoms with Crippen molar-refractivity contribution in [3.8, 4) is 22.9 Å². The molecule has 0 fully saturated rings. The van der Waals surface area contributed by atoms with Crippen molar-refractivity contribution in [2.24, 2.45) is 0 Å². The number of rotatable bonds is 3. The second-order valence-electron chi connectivity index (χ2n) is 4.20. The molecule has 2 aromatic rings. The van der Waals surface area contributed by atoms with Gasteiger partial charge in [-0.05, 0) is 31.2 Å². The Morgan fingerprint density at radius 2 is 2.05 bits per heavy atom. The SMILES string of the molecule is Cc1cc(-c2cc(Cl)ccc2OC(F)F)c(C#N)c(=O)[nH]1. The maximum Gasteiger partial charge on any atom is 0.387 e. The standard InChI is InChI=1S/C14H9ClF2N2O2/c1-7-4-9(11(6-18)13(20)19-7)10-5-8(15)2-3-12(10)21-14(16)17/h2-5,14H,1H3,(H,19,20). The predicted molar refractivity (Wildman–Crippen MR) is 73.6 cm³/mol. The van der Waals surface area contributed by atoms with Crippen LogP contribution >= 0.6 is 11.6 Å². The zero-order valence-corrected chi connectivity index (χ0v) is 11.5. The Balaban J connectivity index is 2.75. The number of H-pyrrole nitrogens is 1. The summed E-state index contributed by atoms with van der Waals surface area (Å²) in [6.45, 7) is -1.41. The molecular weight excluding hydrogens is 302 g/mol. The quantitative estimate of drug-likeness (QED) is 0.944. The fourth-order valence-corrected chi connectivity index (χ4v) is 2.10. The van der Waals surface area contributed by atoms with E-state index in [1.54, 1.807) is 13.0 Å². The maximum atomic E-state index is 12.5. The van der Waals surface area contributed by atoms with Gasteiger partial charge in [-0.2, -0.15) is 14.0 Å². The minimum Gasteiger partial charge on any atom is -0.434 e. The van der Waals surface area contributed by atoms with Crippen LogP contribution in [0.25, 0.3) is 11.1 Å². The van der Waals surface area contributed by atoms with Gasteiger partial charge >= 0.3 is 6.61 Å². The predicted octanol–water partition coefficient (Wildman–Crippen LogP) is 3.48. The Kier molecular flexibility index (Phi) is 4.24. The first-order valence-corrected chi connectivity index (χ1v) is 6.19. The van der Waals surface area contributed by atoms with Gasteiger partial charge in [-0.15, -0.1) is 0 Å². The van der Waals surface area contributed by atoms with Gasteiger partial charge < -0.3 is 9.72 Å². The summed E-state index contributed by atoms with van der Waals surface area (Å²) in [4.78, 5) is 14.3. The third-order valence-corrected chi connectivity index (χ3v) is 2.96. The van der Waals surface area contributed by atoms with Crippen molar-refractivity contribution in [2.75, 3.05) is 0 Å². The van der Waals surface area contributed by atoms with Gasteiger partial charge in [0.2, 0.25) is 0 Å². The fourth-order valence-electron chi connectivity index (χ4n) is 1.92. The number of aryl methyl sites for hydroxylation is 1. The smallest absolute Gasteiger partial charge is 0.387 e. The number of ether oxygens (including phenoxy) is 1. The van der Waals surface area contributed by atoms with Crippen LogP contribution in [-0.2, 0) is 0 Å². The molecule has 0 aliphatic heterocycles. The van der Waals surface area contributed by atoms with Crippen LogP contribution in [0.4, 0.5) is 8.78 Å². The van der Waals surface area contributed by atoms with E-state index in [-0.39, 0.29) is 27.5 Å². The number of nitrogens with zero attached hydrogens (tertiary/aromatic N) is 1. The van der Waals surface area contributed by atoms with Crippen LogP contribution in [-0.4, -0.2) is 11.6 Å². The van der Waals surface area contributed by atoms with Crippen molar-refractivity contribution in [3.05, 3.63) is 50.9 Å². The molecule has 2 rings (SSSR count). The van der Waals surface area contributed by atoms with E-state index in [4.69, 9.17) is 16.9 Å². The molecule has 0 saturated carbocycles. The summed E-state index contributed by atoms with van der Waals surface area (Å²) in [5, 5.41) is 9.37. The van der Waals surface area contributed by atoms with E-state index in [0.29, 0.717) is 5.69 Å². The number of nitriles is 1. The number of hydrogen-bond donors (Lipinski definition) is 1. The van der Waals surface area contributed by atoms with Crippen LogP contribution < -0.4 is 10.3 Å². The van der Waals surface area contributed by atoms with Crippen LogP contribution in [0.1, 0.15) is 11.3 Å². The molecule has 0 spiro atoms. The molecule has 7 heteroatoms. The van der Waals surface area contributed by atoms with Gasteiger partial charge in [0.1, 0.15) is 17.4 Å². The summed E-state index contributed by atoms with van der Waals surface area (Å²) >= 11 is 5.87. The average Bonchev–Trinajstić information content (AvgIpc) is 2.39. The molecule has 21 heavy (non-hydrogen) atoms. The van der Waals surface area contributed by atoms with Crippen molar-refractivity contribution in [1.29, 1.82) is 5.26 Å². The molecule has 0 amide bonds. The lowest BCUT2D eigenvalue weighted by Gasteiger charge is -2.12. The Morgan fingerprint density at radius 3 is 2.67 bits per heavy atom. The van der Waals surface area contributed by atoms with Crippen LogP contribution in [0.3, 0.4) is 0 Å². The summed E-state index contributed by atoms with van der Waals surface area (Å²) in [7, 11) is 0. The van der Waals surface area contributed by atoms with E-state index >= 15 is 0 Å². The molecule has 0 radical (unpaired) electrons. The highest BCUT2D eigenvalue weighted by Crippen LogP contribution is 2.34. The van der Waals surface area contributed by atoms with E-state index < -0.39 is 12.2 Å². The fraction of sp³-hybridized carbons (Fsp3) is 0.143. The van der Waals surface area contributed by atoms with Gasteiger partial charge in [-0.25, -0.2) is 0 Å². The van der Waals surface area contributed by atoms with Crippen molar-refractivity contribution in [2.45, 2.75) is 13.5 Å². The molecular formula is C14H9ClF2N2O2. The molecule has 0 saturated heterocycles. The highest BCUT2D eigenvalue weighted by molar-refractivity contribution is 6.31. The molecule has 1 aromatic carbocycles. The zero-order chi connectivity index (χ0) is 15.6. The number of hydrogen-bond acceptors (Lipinski definition) is 3. The Bertz CT molecular complexity index is 782. The van der Waals surface area contributed by atoms with Gasteiger partial charge in [0, 0.05) is 21.8 Å². The molecule has 0 bridgehead atoms. The molecule has 0 unspecified atom stereocenters. The summed E-state index contributed by atoms with van der Waals surface area (Å²) in [5.41, 5.74) is 0.0416. The van der Waals surface area contributed by atoms with Crippen molar-refractivity contribution in [1.82, 2.24) is 4.98 Å². The van der Waals surface area contributed by atoms with Gasteiger partial charge in [-0.3, -0.25) is 4.79 Å². The third-order valence-electron chi connectivity index (χ3n) is 2.73. The van der Waals surface area contributed by atoms with Gasteiger partial charge in [-0.1, -0.05) is 11.6 Å². The summed E-state index contributed by atoms with van der Waals surface area (Å²) in [5.74, 6) is -0.157. The highest BCUT2D eigenvalue weighted by Gasteiger charge is 2.17. The van der Waals surface area contributed by atoms with Crippen LogP contribution in [0.5, 0.6) is 5.75 Å². The monoisotopic (exact) mass is 310 g/mol. The van der Waals surface area contributed by atoms with E-state index in [2.05, 4.69) is 9.72 Å². The van der Waals surface area contributed by atoms with Gasteiger partial charge in [0.15, 0.2) is 0 Å². The number of aromatic amines is 1. The Morgan fingerprint density at radius 1 is 1.33 bits per heavy atom. The molecule has 0 atom stereocenters. The number of benzene rings is 1. The number of nitrogens with one attached hydrogen (secondary N) is 1. The molecule has 1 heterocycles. The molecule has 1 N–H and O–H groups in total. The molecule has 1 aromatic heterocycles. The number of alkyl halides is 2. The average molecular weight is 311 g/mol. The lowest BCUT2D eigenvalue weighted by Crippen LogP contribution is -2.13. The number of halogens is 3. The highest BCUT2D eigenvalue weighted by atomic mass is 35.5. The van der Waals surface area contributed by atoms with Crippen molar-refractivity contribution in [3.63, 3.8) is 0 Å². The first-order chi connectivity index (χ1) is 9.92. The second kappa shape index (κ2) is 5.94. The lowest BCUT2D eigenvalue weighted by molar-refractivity contribution is -0.0494. The summed E-state index contributed by atoms with van der Waals surface area (Å²) in [6.07, 6.45) is 0. The molecule has 108 valence electrons. The first kappa shape index (κ1) is 15.0. The zero-order valence-electron chi connectivity index (χ0n) is 10.8. The van der Waals surface area contributed by atoms with Crippen molar-refractivity contribution >= 4 is 11.6 Å². The van der Waals surface area contributed by atoms with Crippen LogP contribution in [0.2, 0.25) is 5.02 Å². The van der Waals surface area contributed by atoms with E-state index in [9.17, 15) is 13.6 Å². The largest absolute Gasteiger partial charge is 0.434 e.